The maximum Gasteiger partial charge on any atom is 0.123 e. The molecule has 0 aliphatic heterocycles. The molecule has 3 aromatic rings. The van der Waals surface area contributed by atoms with E-state index >= 15 is 0 Å². The van der Waals surface area contributed by atoms with Crippen molar-refractivity contribution < 1.29 is 4.39 Å². The summed E-state index contributed by atoms with van der Waals surface area (Å²) in [4.78, 5) is 0. The van der Waals surface area contributed by atoms with Crippen molar-refractivity contribution in [2.24, 2.45) is 0 Å². The minimum atomic E-state index is -0.176. The van der Waals surface area contributed by atoms with Gasteiger partial charge in [0.1, 0.15) is 5.82 Å². The molecule has 0 unspecified atom stereocenters. The van der Waals surface area contributed by atoms with Gasteiger partial charge in [0.05, 0.1) is 0 Å². The minimum absolute atomic E-state index is 0.176. The number of halogens is 1. The van der Waals surface area contributed by atoms with Crippen molar-refractivity contribution >= 4 is 21.4 Å². The largest absolute Gasteiger partial charge is 0.313 e. The molecule has 1 N–H and O–H groups in total. The standard InChI is InChI=1S/C18H18FNS/c1-2-9-20-12-14-11-15(19)6-7-16(14)17-5-3-4-13-8-10-21-18(13)17/h3-8,10-11,20H,2,9,12H2,1H3. The molecular weight excluding hydrogens is 281 g/mol. The summed E-state index contributed by atoms with van der Waals surface area (Å²) in [6.45, 7) is 3.77. The van der Waals surface area contributed by atoms with Gasteiger partial charge in [0, 0.05) is 11.2 Å². The van der Waals surface area contributed by atoms with Gasteiger partial charge in [-0.15, -0.1) is 11.3 Å². The Morgan fingerprint density at radius 2 is 2.00 bits per heavy atom. The third-order valence-corrected chi connectivity index (χ3v) is 4.54. The van der Waals surface area contributed by atoms with E-state index in [1.807, 2.05) is 6.07 Å². The molecule has 0 fully saturated rings. The predicted octanol–water partition coefficient (Wildman–Crippen LogP) is 5.21. The lowest BCUT2D eigenvalue weighted by molar-refractivity contribution is 0.619. The smallest absolute Gasteiger partial charge is 0.123 e. The summed E-state index contributed by atoms with van der Waals surface area (Å²) >= 11 is 1.74. The molecule has 0 saturated heterocycles. The Balaban J connectivity index is 2.06. The normalized spacial score (nSPS) is 11.1. The van der Waals surface area contributed by atoms with E-state index in [9.17, 15) is 4.39 Å². The highest BCUT2D eigenvalue weighted by molar-refractivity contribution is 7.17. The van der Waals surface area contributed by atoms with Crippen LogP contribution in [0.5, 0.6) is 0 Å². The molecule has 0 radical (unpaired) electrons. The van der Waals surface area contributed by atoms with E-state index in [0.29, 0.717) is 6.54 Å². The van der Waals surface area contributed by atoms with E-state index in [-0.39, 0.29) is 5.82 Å². The number of rotatable bonds is 5. The Hall–Kier alpha value is -1.71. The molecule has 0 amide bonds. The number of hydrogen-bond donors (Lipinski definition) is 1. The van der Waals surface area contributed by atoms with E-state index in [0.717, 1.165) is 24.1 Å². The Kier molecular flexibility index (Phi) is 4.32. The Morgan fingerprint density at radius 1 is 1.10 bits per heavy atom. The topological polar surface area (TPSA) is 12.0 Å². The van der Waals surface area contributed by atoms with Crippen LogP contribution in [-0.2, 0) is 6.54 Å². The second-order valence-electron chi connectivity index (χ2n) is 5.12. The molecule has 0 aliphatic carbocycles. The molecule has 1 aromatic heterocycles. The Labute approximate surface area is 128 Å². The zero-order valence-electron chi connectivity index (χ0n) is 12.0. The summed E-state index contributed by atoms with van der Waals surface area (Å²) in [5, 5.41) is 6.72. The van der Waals surface area contributed by atoms with Gasteiger partial charge in [0.2, 0.25) is 0 Å². The number of fused-ring (bicyclic) bond motifs is 1. The monoisotopic (exact) mass is 299 g/mol. The molecule has 2 aromatic carbocycles. The van der Waals surface area contributed by atoms with Crippen LogP contribution in [0.3, 0.4) is 0 Å². The fourth-order valence-electron chi connectivity index (χ4n) is 2.58. The number of benzene rings is 2. The summed E-state index contributed by atoms with van der Waals surface area (Å²) in [6.07, 6.45) is 1.07. The first-order valence-corrected chi connectivity index (χ1v) is 8.13. The van der Waals surface area contributed by atoms with Crippen molar-refractivity contribution in [1.29, 1.82) is 0 Å². The van der Waals surface area contributed by atoms with Crippen LogP contribution in [0.15, 0.2) is 47.8 Å². The van der Waals surface area contributed by atoms with Crippen LogP contribution < -0.4 is 5.32 Å². The summed E-state index contributed by atoms with van der Waals surface area (Å²) < 4.78 is 14.9. The van der Waals surface area contributed by atoms with Crippen LogP contribution in [0.4, 0.5) is 4.39 Å². The Bertz CT molecular complexity index is 748. The maximum absolute atomic E-state index is 13.6. The van der Waals surface area contributed by atoms with E-state index in [1.165, 1.54) is 15.6 Å². The summed E-state index contributed by atoms with van der Waals surface area (Å²) in [7, 11) is 0. The number of thiophene rings is 1. The van der Waals surface area contributed by atoms with Crippen molar-refractivity contribution in [1.82, 2.24) is 5.32 Å². The lowest BCUT2D eigenvalue weighted by Crippen LogP contribution is -2.14. The van der Waals surface area contributed by atoms with Gasteiger partial charge >= 0.3 is 0 Å². The molecule has 1 heterocycles. The fourth-order valence-corrected chi connectivity index (χ4v) is 3.50. The quantitative estimate of drug-likeness (QED) is 0.638. The average molecular weight is 299 g/mol. The maximum atomic E-state index is 13.6. The van der Waals surface area contributed by atoms with E-state index in [1.54, 1.807) is 23.5 Å². The molecule has 0 bridgehead atoms. The summed E-state index contributed by atoms with van der Waals surface area (Å²) in [5.41, 5.74) is 3.33. The van der Waals surface area contributed by atoms with Gasteiger partial charge in [0.15, 0.2) is 0 Å². The molecule has 0 atom stereocenters. The average Bonchev–Trinajstić information content (AvgIpc) is 2.96. The predicted molar refractivity (Wildman–Crippen MR) is 89.2 cm³/mol. The zero-order chi connectivity index (χ0) is 14.7. The fraction of sp³-hybridized carbons (Fsp3) is 0.222. The van der Waals surface area contributed by atoms with Gasteiger partial charge in [-0.2, -0.15) is 0 Å². The lowest BCUT2D eigenvalue weighted by atomic mass is 9.98. The van der Waals surface area contributed by atoms with Crippen LogP contribution in [-0.4, -0.2) is 6.54 Å². The SMILES string of the molecule is CCCNCc1cc(F)ccc1-c1cccc2ccsc12. The van der Waals surface area contributed by atoms with Gasteiger partial charge in [-0.1, -0.05) is 31.2 Å². The molecule has 108 valence electrons. The highest BCUT2D eigenvalue weighted by atomic mass is 32.1. The Morgan fingerprint density at radius 3 is 2.86 bits per heavy atom. The molecule has 3 rings (SSSR count). The third kappa shape index (κ3) is 2.99. The van der Waals surface area contributed by atoms with E-state index < -0.39 is 0 Å². The second kappa shape index (κ2) is 6.37. The van der Waals surface area contributed by atoms with Crippen LogP contribution >= 0.6 is 11.3 Å². The van der Waals surface area contributed by atoms with Gasteiger partial charge in [-0.05, 0) is 58.6 Å². The van der Waals surface area contributed by atoms with Crippen LogP contribution in [0, 0.1) is 5.82 Å². The van der Waals surface area contributed by atoms with Crippen molar-refractivity contribution in [3.8, 4) is 11.1 Å². The number of hydrogen-bond acceptors (Lipinski definition) is 2. The van der Waals surface area contributed by atoms with Gasteiger partial charge in [0.25, 0.3) is 0 Å². The molecule has 0 spiro atoms. The van der Waals surface area contributed by atoms with Crippen LogP contribution in [0.2, 0.25) is 0 Å². The lowest BCUT2D eigenvalue weighted by Gasteiger charge is -2.12. The molecule has 0 saturated carbocycles. The van der Waals surface area contributed by atoms with E-state index in [4.69, 9.17) is 0 Å². The van der Waals surface area contributed by atoms with Crippen LogP contribution in [0.25, 0.3) is 21.2 Å². The molecule has 21 heavy (non-hydrogen) atoms. The van der Waals surface area contributed by atoms with E-state index in [2.05, 4.69) is 41.9 Å². The van der Waals surface area contributed by atoms with Gasteiger partial charge < -0.3 is 5.32 Å². The highest BCUT2D eigenvalue weighted by Gasteiger charge is 2.10. The first-order valence-electron chi connectivity index (χ1n) is 7.25. The van der Waals surface area contributed by atoms with Crippen LogP contribution in [0.1, 0.15) is 18.9 Å². The highest BCUT2D eigenvalue weighted by Crippen LogP contribution is 2.34. The first kappa shape index (κ1) is 14.2. The zero-order valence-corrected chi connectivity index (χ0v) is 12.8. The van der Waals surface area contributed by atoms with Crippen molar-refractivity contribution in [2.75, 3.05) is 6.54 Å². The van der Waals surface area contributed by atoms with Crippen molar-refractivity contribution in [3.63, 3.8) is 0 Å². The molecular formula is C18H18FNS. The third-order valence-electron chi connectivity index (χ3n) is 3.58. The van der Waals surface area contributed by atoms with Crippen molar-refractivity contribution in [2.45, 2.75) is 19.9 Å². The van der Waals surface area contributed by atoms with Crippen molar-refractivity contribution in [3.05, 3.63) is 59.2 Å². The molecule has 3 heteroatoms. The number of nitrogens with one attached hydrogen (secondary N) is 1. The first-order chi connectivity index (χ1) is 10.3. The van der Waals surface area contributed by atoms with Gasteiger partial charge in [-0.25, -0.2) is 4.39 Å². The summed E-state index contributed by atoms with van der Waals surface area (Å²) in [6, 6.07) is 13.5. The van der Waals surface area contributed by atoms with Gasteiger partial charge in [-0.3, -0.25) is 0 Å². The second-order valence-corrected chi connectivity index (χ2v) is 6.04. The minimum Gasteiger partial charge on any atom is -0.313 e. The molecule has 1 nitrogen and oxygen atoms in total. The molecule has 0 aliphatic rings. The summed E-state index contributed by atoms with van der Waals surface area (Å²) in [5.74, 6) is -0.176.